The lowest BCUT2D eigenvalue weighted by Crippen LogP contribution is -2.35. The molecule has 0 unspecified atom stereocenters. The van der Waals surface area contributed by atoms with Crippen LogP contribution in [-0.4, -0.2) is 41.9 Å². The maximum absolute atomic E-state index is 12.7. The predicted molar refractivity (Wildman–Crippen MR) is 101 cm³/mol. The largest absolute Gasteiger partial charge is 0.337 e. The Morgan fingerprint density at radius 2 is 1.92 bits per heavy atom. The van der Waals surface area contributed by atoms with Crippen LogP contribution in [0.1, 0.15) is 27.9 Å². The molecule has 0 aromatic heterocycles. The second kappa shape index (κ2) is 8.28. The van der Waals surface area contributed by atoms with E-state index in [9.17, 15) is 4.79 Å². The molecule has 2 aromatic carbocycles. The fourth-order valence-electron chi connectivity index (χ4n) is 3.13. The molecule has 25 heavy (non-hydrogen) atoms. The Morgan fingerprint density at radius 3 is 2.72 bits per heavy atom. The molecular formula is C20H20BrN3O. The van der Waals surface area contributed by atoms with Crippen molar-refractivity contribution in [3.05, 3.63) is 69.7 Å². The van der Waals surface area contributed by atoms with E-state index in [4.69, 9.17) is 5.26 Å². The van der Waals surface area contributed by atoms with Crippen LogP contribution in [-0.2, 0) is 6.54 Å². The molecule has 1 saturated heterocycles. The molecule has 0 spiro atoms. The number of carbonyl (C=O) groups is 1. The molecule has 128 valence electrons. The second-order valence-corrected chi connectivity index (χ2v) is 7.16. The van der Waals surface area contributed by atoms with Crippen molar-refractivity contribution >= 4 is 21.8 Å². The van der Waals surface area contributed by atoms with E-state index < -0.39 is 0 Å². The van der Waals surface area contributed by atoms with Gasteiger partial charge >= 0.3 is 0 Å². The lowest BCUT2D eigenvalue weighted by atomic mass is 10.1. The van der Waals surface area contributed by atoms with Gasteiger partial charge in [0, 0.05) is 42.8 Å². The first-order chi connectivity index (χ1) is 12.2. The van der Waals surface area contributed by atoms with Crippen molar-refractivity contribution in [3.8, 4) is 6.07 Å². The summed E-state index contributed by atoms with van der Waals surface area (Å²) in [6.45, 7) is 4.12. The first-order valence-electron chi connectivity index (χ1n) is 8.42. The third-order valence-electron chi connectivity index (χ3n) is 4.41. The highest BCUT2D eigenvalue weighted by Gasteiger charge is 2.20. The standard InChI is InChI=1S/C20H20BrN3O/c21-19-7-2-6-18(13-19)20(25)24-9-3-8-23(10-11-24)15-17-5-1-4-16(12-17)14-22/h1-2,4-7,12-13H,3,8-11,15H2. The maximum Gasteiger partial charge on any atom is 0.253 e. The highest BCUT2D eigenvalue weighted by Crippen LogP contribution is 2.16. The second-order valence-electron chi connectivity index (χ2n) is 6.24. The van der Waals surface area contributed by atoms with Crippen molar-refractivity contribution in [1.82, 2.24) is 9.80 Å². The number of nitrogens with zero attached hydrogens (tertiary/aromatic N) is 3. The molecule has 0 bridgehead atoms. The van der Waals surface area contributed by atoms with E-state index in [2.05, 4.69) is 33.0 Å². The maximum atomic E-state index is 12.7. The van der Waals surface area contributed by atoms with Crippen LogP contribution in [0.4, 0.5) is 0 Å². The zero-order chi connectivity index (χ0) is 17.6. The van der Waals surface area contributed by atoms with Crippen molar-refractivity contribution in [2.75, 3.05) is 26.2 Å². The lowest BCUT2D eigenvalue weighted by molar-refractivity contribution is 0.0761. The Kier molecular flexibility index (Phi) is 5.85. The normalized spacial score (nSPS) is 15.4. The average Bonchev–Trinajstić information content (AvgIpc) is 2.87. The highest BCUT2D eigenvalue weighted by atomic mass is 79.9. The Balaban J connectivity index is 1.62. The molecule has 1 aliphatic rings. The summed E-state index contributed by atoms with van der Waals surface area (Å²) >= 11 is 3.43. The summed E-state index contributed by atoms with van der Waals surface area (Å²) in [5.41, 5.74) is 2.56. The van der Waals surface area contributed by atoms with Crippen LogP contribution in [0.25, 0.3) is 0 Å². The minimum Gasteiger partial charge on any atom is -0.337 e. The number of carbonyl (C=O) groups excluding carboxylic acids is 1. The van der Waals surface area contributed by atoms with Gasteiger partial charge in [-0.05, 0) is 42.3 Å². The summed E-state index contributed by atoms with van der Waals surface area (Å²) in [6, 6.07) is 17.5. The van der Waals surface area contributed by atoms with E-state index >= 15 is 0 Å². The molecule has 1 fully saturated rings. The molecule has 5 heteroatoms. The molecule has 0 aliphatic carbocycles. The van der Waals surface area contributed by atoms with Crippen LogP contribution in [0.3, 0.4) is 0 Å². The molecule has 1 aliphatic heterocycles. The molecule has 4 nitrogen and oxygen atoms in total. The zero-order valence-corrected chi connectivity index (χ0v) is 15.6. The Hall–Kier alpha value is -2.16. The van der Waals surface area contributed by atoms with Crippen molar-refractivity contribution in [3.63, 3.8) is 0 Å². The quantitative estimate of drug-likeness (QED) is 0.793. The number of amides is 1. The smallest absolute Gasteiger partial charge is 0.253 e. The molecule has 0 saturated carbocycles. The molecule has 3 rings (SSSR count). The summed E-state index contributed by atoms with van der Waals surface area (Å²) in [5.74, 6) is 0.0922. The summed E-state index contributed by atoms with van der Waals surface area (Å²) in [5, 5.41) is 9.03. The number of hydrogen-bond acceptors (Lipinski definition) is 3. The number of nitriles is 1. The summed E-state index contributed by atoms with van der Waals surface area (Å²) in [6.07, 6.45) is 0.956. The molecule has 0 radical (unpaired) electrons. The fourth-order valence-corrected chi connectivity index (χ4v) is 3.53. The van der Waals surface area contributed by atoms with Crippen LogP contribution in [0.5, 0.6) is 0 Å². The van der Waals surface area contributed by atoms with Gasteiger partial charge < -0.3 is 4.90 Å². The lowest BCUT2D eigenvalue weighted by Gasteiger charge is -2.22. The number of benzene rings is 2. The van der Waals surface area contributed by atoms with Gasteiger partial charge in [-0.1, -0.05) is 34.1 Å². The minimum absolute atomic E-state index is 0.0922. The Labute approximate surface area is 156 Å². The van der Waals surface area contributed by atoms with Crippen molar-refractivity contribution in [2.45, 2.75) is 13.0 Å². The van der Waals surface area contributed by atoms with E-state index in [0.29, 0.717) is 5.56 Å². The average molecular weight is 398 g/mol. The first kappa shape index (κ1) is 17.7. The third kappa shape index (κ3) is 4.68. The van der Waals surface area contributed by atoms with E-state index in [1.165, 1.54) is 0 Å². The van der Waals surface area contributed by atoms with Crippen LogP contribution >= 0.6 is 15.9 Å². The molecule has 1 amide bonds. The Morgan fingerprint density at radius 1 is 1.08 bits per heavy atom. The predicted octanol–water partition coefficient (Wildman–Crippen LogP) is 3.67. The van der Waals surface area contributed by atoms with Crippen molar-refractivity contribution in [1.29, 1.82) is 5.26 Å². The zero-order valence-electron chi connectivity index (χ0n) is 14.0. The van der Waals surface area contributed by atoms with E-state index in [0.717, 1.165) is 54.7 Å². The molecule has 1 heterocycles. The van der Waals surface area contributed by atoms with Gasteiger partial charge in [0.1, 0.15) is 0 Å². The SMILES string of the molecule is N#Cc1cccc(CN2CCCN(C(=O)c3cccc(Br)c3)CC2)c1. The van der Waals surface area contributed by atoms with Crippen LogP contribution < -0.4 is 0 Å². The fraction of sp³-hybridized carbons (Fsp3) is 0.300. The van der Waals surface area contributed by atoms with Gasteiger partial charge in [0.25, 0.3) is 5.91 Å². The Bertz CT molecular complexity index is 800. The molecule has 0 atom stereocenters. The monoisotopic (exact) mass is 397 g/mol. The van der Waals surface area contributed by atoms with Gasteiger partial charge in [0.05, 0.1) is 11.6 Å². The minimum atomic E-state index is 0.0922. The molecule has 0 N–H and O–H groups in total. The number of rotatable bonds is 3. The first-order valence-corrected chi connectivity index (χ1v) is 9.21. The molecule has 2 aromatic rings. The van der Waals surface area contributed by atoms with Crippen LogP contribution in [0, 0.1) is 11.3 Å². The number of hydrogen-bond donors (Lipinski definition) is 0. The van der Waals surface area contributed by atoms with E-state index in [-0.39, 0.29) is 5.91 Å². The van der Waals surface area contributed by atoms with Gasteiger partial charge in [-0.3, -0.25) is 9.69 Å². The molecular weight excluding hydrogens is 378 g/mol. The van der Waals surface area contributed by atoms with Gasteiger partial charge in [-0.15, -0.1) is 0 Å². The van der Waals surface area contributed by atoms with Gasteiger partial charge in [-0.25, -0.2) is 0 Å². The summed E-state index contributed by atoms with van der Waals surface area (Å²) < 4.78 is 0.923. The van der Waals surface area contributed by atoms with Gasteiger partial charge in [0.15, 0.2) is 0 Å². The highest BCUT2D eigenvalue weighted by molar-refractivity contribution is 9.10. The van der Waals surface area contributed by atoms with Crippen LogP contribution in [0.2, 0.25) is 0 Å². The summed E-state index contributed by atoms with van der Waals surface area (Å²) in [4.78, 5) is 17.0. The number of halogens is 1. The van der Waals surface area contributed by atoms with Crippen LogP contribution in [0.15, 0.2) is 53.0 Å². The van der Waals surface area contributed by atoms with Gasteiger partial charge in [0.2, 0.25) is 0 Å². The summed E-state index contributed by atoms with van der Waals surface area (Å²) in [7, 11) is 0. The van der Waals surface area contributed by atoms with Gasteiger partial charge in [-0.2, -0.15) is 5.26 Å². The van der Waals surface area contributed by atoms with Crippen molar-refractivity contribution in [2.24, 2.45) is 0 Å². The van der Waals surface area contributed by atoms with E-state index in [1.807, 2.05) is 47.4 Å². The topological polar surface area (TPSA) is 47.3 Å². The third-order valence-corrected chi connectivity index (χ3v) is 4.90. The van der Waals surface area contributed by atoms with Crippen molar-refractivity contribution < 1.29 is 4.79 Å². The van der Waals surface area contributed by atoms with E-state index in [1.54, 1.807) is 0 Å².